The van der Waals surface area contributed by atoms with Gasteiger partial charge in [-0.2, -0.15) is 0 Å². The normalized spacial score (nSPS) is 33.3. The standard InChI is InChI=1S/C11H20O3S/c12-11(7-9-3-1-2-4-9)10-5-6-15(13,14)8-10/h9-12H,1-8H2. The lowest BCUT2D eigenvalue weighted by Gasteiger charge is -2.19. The topological polar surface area (TPSA) is 54.4 Å². The molecule has 0 radical (unpaired) electrons. The Kier molecular flexibility index (Phi) is 3.36. The highest BCUT2D eigenvalue weighted by molar-refractivity contribution is 7.91. The van der Waals surface area contributed by atoms with Crippen LogP contribution < -0.4 is 0 Å². The van der Waals surface area contributed by atoms with Crippen LogP contribution in [0.4, 0.5) is 0 Å². The van der Waals surface area contributed by atoms with Crippen LogP contribution in [0.15, 0.2) is 0 Å². The number of aliphatic hydroxyl groups is 1. The molecule has 2 atom stereocenters. The molecule has 0 spiro atoms. The fourth-order valence-corrected chi connectivity index (χ4v) is 4.78. The molecule has 0 aromatic carbocycles. The van der Waals surface area contributed by atoms with E-state index in [4.69, 9.17) is 0 Å². The third-order valence-electron chi connectivity index (χ3n) is 3.86. The average molecular weight is 232 g/mol. The Hall–Kier alpha value is -0.0900. The highest BCUT2D eigenvalue weighted by Gasteiger charge is 2.34. The quantitative estimate of drug-likeness (QED) is 0.799. The minimum Gasteiger partial charge on any atom is -0.393 e. The zero-order valence-electron chi connectivity index (χ0n) is 9.06. The van der Waals surface area contributed by atoms with Gasteiger partial charge in [-0.1, -0.05) is 25.7 Å². The van der Waals surface area contributed by atoms with E-state index in [1.807, 2.05) is 0 Å². The fraction of sp³-hybridized carbons (Fsp3) is 1.00. The van der Waals surface area contributed by atoms with Crippen molar-refractivity contribution in [1.82, 2.24) is 0 Å². The molecule has 2 aliphatic rings. The van der Waals surface area contributed by atoms with Crippen LogP contribution in [-0.2, 0) is 9.84 Å². The van der Waals surface area contributed by atoms with Crippen LogP contribution in [0.3, 0.4) is 0 Å². The fourth-order valence-electron chi connectivity index (χ4n) is 2.91. The SMILES string of the molecule is O=S1(=O)CCC(C(O)CC2CCCC2)C1. The van der Waals surface area contributed by atoms with E-state index in [1.54, 1.807) is 0 Å². The lowest BCUT2D eigenvalue weighted by Crippen LogP contribution is -2.23. The minimum atomic E-state index is -2.83. The molecule has 0 bridgehead atoms. The van der Waals surface area contributed by atoms with Crippen molar-refractivity contribution in [2.75, 3.05) is 11.5 Å². The van der Waals surface area contributed by atoms with Gasteiger partial charge >= 0.3 is 0 Å². The molecular formula is C11H20O3S. The van der Waals surface area contributed by atoms with Gasteiger partial charge < -0.3 is 5.11 Å². The van der Waals surface area contributed by atoms with Gasteiger partial charge in [0.2, 0.25) is 0 Å². The van der Waals surface area contributed by atoms with Crippen molar-refractivity contribution in [2.45, 2.75) is 44.6 Å². The van der Waals surface area contributed by atoms with Gasteiger partial charge in [0.05, 0.1) is 17.6 Å². The molecule has 0 aromatic heterocycles. The first kappa shape index (κ1) is 11.4. The minimum absolute atomic E-state index is 0.00981. The van der Waals surface area contributed by atoms with Crippen molar-refractivity contribution in [3.05, 3.63) is 0 Å². The summed E-state index contributed by atoms with van der Waals surface area (Å²) in [5.74, 6) is 1.14. The Balaban J connectivity index is 1.83. The maximum atomic E-state index is 11.3. The van der Waals surface area contributed by atoms with Gasteiger partial charge in [0, 0.05) is 0 Å². The number of rotatable bonds is 3. The third-order valence-corrected chi connectivity index (χ3v) is 5.66. The summed E-state index contributed by atoms with van der Waals surface area (Å²) in [4.78, 5) is 0. The number of hydrogen-bond donors (Lipinski definition) is 1. The first-order valence-corrected chi connectivity index (χ1v) is 7.77. The molecule has 2 unspecified atom stereocenters. The number of aliphatic hydroxyl groups excluding tert-OH is 1. The molecule has 1 aliphatic carbocycles. The van der Waals surface area contributed by atoms with Gasteiger partial charge in [0.1, 0.15) is 0 Å². The summed E-state index contributed by atoms with van der Waals surface area (Å²) < 4.78 is 22.5. The first-order valence-electron chi connectivity index (χ1n) is 5.95. The second-order valence-corrected chi connectivity index (χ2v) is 7.35. The molecule has 1 N–H and O–H groups in total. The van der Waals surface area contributed by atoms with Gasteiger partial charge in [-0.05, 0) is 24.7 Å². The highest BCUT2D eigenvalue weighted by Crippen LogP contribution is 2.32. The van der Waals surface area contributed by atoms with Crippen molar-refractivity contribution in [3.63, 3.8) is 0 Å². The van der Waals surface area contributed by atoms with Crippen LogP contribution in [0.5, 0.6) is 0 Å². The van der Waals surface area contributed by atoms with Crippen LogP contribution in [0.25, 0.3) is 0 Å². The zero-order chi connectivity index (χ0) is 10.9. The summed E-state index contributed by atoms with van der Waals surface area (Å²) in [6, 6.07) is 0. The van der Waals surface area contributed by atoms with Crippen LogP contribution >= 0.6 is 0 Å². The van der Waals surface area contributed by atoms with E-state index in [-0.39, 0.29) is 23.5 Å². The Morgan fingerprint density at radius 1 is 1.20 bits per heavy atom. The van der Waals surface area contributed by atoms with Gasteiger partial charge in [0.25, 0.3) is 0 Å². The van der Waals surface area contributed by atoms with E-state index >= 15 is 0 Å². The van der Waals surface area contributed by atoms with Gasteiger partial charge in [-0.3, -0.25) is 0 Å². The molecule has 1 heterocycles. The summed E-state index contributed by atoms with van der Waals surface area (Å²) in [6.45, 7) is 0. The van der Waals surface area contributed by atoms with Crippen LogP contribution in [0.1, 0.15) is 38.5 Å². The number of hydrogen-bond acceptors (Lipinski definition) is 3. The van der Waals surface area contributed by atoms with Crippen LogP contribution in [0, 0.1) is 11.8 Å². The predicted octanol–water partition coefficient (Wildman–Crippen LogP) is 1.36. The van der Waals surface area contributed by atoms with E-state index in [0.29, 0.717) is 12.3 Å². The van der Waals surface area contributed by atoms with Crippen LogP contribution in [-0.4, -0.2) is 31.1 Å². The zero-order valence-corrected chi connectivity index (χ0v) is 9.88. The number of sulfone groups is 1. The lowest BCUT2D eigenvalue weighted by molar-refractivity contribution is 0.0931. The maximum Gasteiger partial charge on any atom is 0.150 e. The third kappa shape index (κ3) is 2.94. The summed E-state index contributed by atoms with van der Waals surface area (Å²) in [7, 11) is -2.83. The van der Waals surface area contributed by atoms with E-state index in [1.165, 1.54) is 25.7 Å². The molecular weight excluding hydrogens is 212 g/mol. The molecule has 4 heteroatoms. The van der Waals surface area contributed by atoms with Gasteiger partial charge in [0.15, 0.2) is 9.84 Å². The molecule has 0 aromatic rings. The largest absolute Gasteiger partial charge is 0.393 e. The maximum absolute atomic E-state index is 11.3. The van der Waals surface area contributed by atoms with E-state index < -0.39 is 9.84 Å². The molecule has 0 amide bonds. The molecule has 2 rings (SSSR count). The Labute approximate surface area is 91.8 Å². The van der Waals surface area contributed by atoms with Gasteiger partial charge in [-0.15, -0.1) is 0 Å². The Morgan fingerprint density at radius 3 is 2.40 bits per heavy atom. The summed E-state index contributed by atoms with van der Waals surface area (Å²) in [5, 5.41) is 9.98. The Bertz CT molecular complexity index is 304. The van der Waals surface area contributed by atoms with E-state index in [0.717, 1.165) is 6.42 Å². The molecule has 1 aliphatic heterocycles. The average Bonchev–Trinajstić information content (AvgIpc) is 2.74. The highest BCUT2D eigenvalue weighted by atomic mass is 32.2. The molecule has 88 valence electrons. The Morgan fingerprint density at radius 2 is 1.87 bits per heavy atom. The first-order chi connectivity index (χ1) is 7.07. The summed E-state index contributed by atoms with van der Waals surface area (Å²) in [6.07, 6.45) is 6.09. The second kappa shape index (κ2) is 4.42. The van der Waals surface area contributed by atoms with Crippen molar-refractivity contribution in [3.8, 4) is 0 Å². The van der Waals surface area contributed by atoms with Crippen molar-refractivity contribution < 1.29 is 13.5 Å². The predicted molar refractivity (Wildman–Crippen MR) is 59.3 cm³/mol. The van der Waals surface area contributed by atoms with E-state index in [9.17, 15) is 13.5 Å². The van der Waals surface area contributed by atoms with Crippen molar-refractivity contribution >= 4 is 9.84 Å². The summed E-state index contributed by atoms with van der Waals surface area (Å²) >= 11 is 0. The monoisotopic (exact) mass is 232 g/mol. The van der Waals surface area contributed by atoms with E-state index in [2.05, 4.69) is 0 Å². The molecule has 1 saturated carbocycles. The summed E-state index contributed by atoms with van der Waals surface area (Å²) in [5.41, 5.74) is 0. The molecule has 15 heavy (non-hydrogen) atoms. The van der Waals surface area contributed by atoms with Crippen molar-refractivity contribution in [2.24, 2.45) is 11.8 Å². The second-order valence-electron chi connectivity index (χ2n) is 5.12. The molecule has 2 fully saturated rings. The van der Waals surface area contributed by atoms with Crippen molar-refractivity contribution in [1.29, 1.82) is 0 Å². The van der Waals surface area contributed by atoms with Crippen LogP contribution in [0.2, 0.25) is 0 Å². The van der Waals surface area contributed by atoms with Gasteiger partial charge in [-0.25, -0.2) is 8.42 Å². The smallest absolute Gasteiger partial charge is 0.150 e. The molecule has 3 nitrogen and oxygen atoms in total. The lowest BCUT2D eigenvalue weighted by atomic mass is 9.91. The molecule has 1 saturated heterocycles.